The molecule has 3 heteroatoms. The van der Waals surface area contributed by atoms with Crippen molar-refractivity contribution in [3.05, 3.63) is 12.2 Å². The fraction of sp³-hybridized carbons (Fsp3) is 0.867. The maximum atomic E-state index is 4.25. The summed E-state index contributed by atoms with van der Waals surface area (Å²) in [6.07, 6.45) is 6.88. The Bertz CT molecular complexity index is 298. The molecule has 3 nitrogen and oxygen atoms in total. The third-order valence-corrected chi connectivity index (χ3v) is 4.55. The van der Waals surface area contributed by atoms with Gasteiger partial charge in [0.1, 0.15) is 0 Å². The summed E-state index contributed by atoms with van der Waals surface area (Å²) in [5, 5.41) is 3.57. The van der Waals surface area contributed by atoms with E-state index in [2.05, 4.69) is 21.7 Å². The van der Waals surface area contributed by atoms with E-state index >= 15 is 0 Å². The molecule has 0 amide bonds. The van der Waals surface area contributed by atoms with Gasteiger partial charge in [0.2, 0.25) is 0 Å². The van der Waals surface area contributed by atoms with Crippen molar-refractivity contribution in [1.29, 1.82) is 0 Å². The van der Waals surface area contributed by atoms with Gasteiger partial charge in [-0.05, 0) is 57.3 Å². The van der Waals surface area contributed by atoms with E-state index in [1.54, 1.807) is 0 Å². The number of nitrogens with one attached hydrogen (secondary N) is 1. The van der Waals surface area contributed by atoms with Gasteiger partial charge in [-0.1, -0.05) is 6.58 Å². The maximum Gasteiger partial charge on any atom is 0.0223 e. The molecule has 2 heterocycles. The molecule has 102 valence electrons. The normalized spacial score (nSPS) is 30.1. The molecule has 3 fully saturated rings. The Morgan fingerprint density at radius 3 is 2.78 bits per heavy atom. The predicted molar refractivity (Wildman–Crippen MR) is 75.8 cm³/mol. The number of nitrogens with zero attached hydrogens (tertiary/aromatic N) is 2. The number of rotatable bonds is 5. The van der Waals surface area contributed by atoms with Crippen LogP contribution in [0.4, 0.5) is 0 Å². The zero-order valence-electron chi connectivity index (χ0n) is 11.5. The molecule has 0 radical (unpaired) electrons. The Morgan fingerprint density at radius 2 is 1.94 bits per heavy atom. The van der Waals surface area contributed by atoms with Crippen molar-refractivity contribution >= 4 is 0 Å². The van der Waals surface area contributed by atoms with E-state index in [0.717, 1.165) is 25.2 Å². The van der Waals surface area contributed by atoms with Crippen molar-refractivity contribution in [2.45, 2.75) is 44.2 Å². The van der Waals surface area contributed by atoms with Crippen molar-refractivity contribution in [3.8, 4) is 0 Å². The molecule has 0 aromatic heterocycles. The van der Waals surface area contributed by atoms with Crippen molar-refractivity contribution in [2.75, 3.05) is 39.3 Å². The molecule has 2 saturated heterocycles. The fourth-order valence-electron chi connectivity index (χ4n) is 3.37. The highest BCUT2D eigenvalue weighted by molar-refractivity contribution is 5.02. The van der Waals surface area contributed by atoms with Gasteiger partial charge in [0, 0.05) is 31.7 Å². The van der Waals surface area contributed by atoms with E-state index in [0.29, 0.717) is 0 Å². The average Bonchev–Trinajstić information content (AvgIpc) is 3.12. The molecule has 1 saturated carbocycles. The third kappa shape index (κ3) is 3.34. The Kier molecular flexibility index (Phi) is 4.02. The summed E-state index contributed by atoms with van der Waals surface area (Å²) in [6.45, 7) is 11.5. The van der Waals surface area contributed by atoms with Crippen molar-refractivity contribution < 1.29 is 0 Å². The van der Waals surface area contributed by atoms with Gasteiger partial charge in [0.25, 0.3) is 0 Å². The lowest BCUT2D eigenvalue weighted by atomic mass is 10.2. The third-order valence-electron chi connectivity index (χ3n) is 4.55. The first-order valence-electron chi connectivity index (χ1n) is 7.68. The smallest absolute Gasteiger partial charge is 0.0223 e. The first kappa shape index (κ1) is 12.6. The minimum Gasteiger partial charge on any atom is -0.310 e. The summed E-state index contributed by atoms with van der Waals surface area (Å²) >= 11 is 0. The number of fused-ring (bicyclic) bond motifs is 1. The van der Waals surface area contributed by atoms with E-state index in [1.807, 2.05) is 0 Å². The van der Waals surface area contributed by atoms with Crippen LogP contribution in [0.1, 0.15) is 32.1 Å². The van der Waals surface area contributed by atoms with Crippen LogP contribution in [0.2, 0.25) is 0 Å². The molecule has 0 aromatic carbocycles. The molecule has 1 N–H and O–H groups in total. The van der Waals surface area contributed by atoms with Gasteiger partial charge >= 0.3 is 0 Å². The van der Waals surface area contributed by atoms with Crippen LogP contribution in [0.3, 0.4) is 0 Å². The van der Waals surface area contributed by atoms with Gasteiger partial charge in [0.05, 0.1) is 0 Å². The summed E-state index contributed by atoms with van der Waals surface area (Å²) in [7, 11) is 0. The quantitative estimate of drug-likeness (QED) is 0.744. The zero-order chi connectivity index (χ0) is 12.4. The largest absolute Gasteiger partial charge is 0.310 e. The van der Waals surface area contributed by atoms with Crippen LogP contribution in [0, 0.1) is 0 Å². The van der Waals surface area contributed by atoms with Crippen molar-refractivity contribution in [3.63, 3.8) is 0 Å². The second-order valence-electron chi connectivity index (χ2n) is 6.33. The predicted octanol–water partition coefficient (Wildman–Crippen LogP) is 1.46. The van der Waals surface area contributed by atoms with Crippen molar-refractivity contribution in [1.82, 2.24) is 15.1 Å². The molecule has 1 unspecified atom stereocenters. The molecule has 1 aliphatic carbocycles. The van der Waals surface area contributed by atoms with Crippen LogP contribution in [-0.2, 0) is 0 Å². The standard InChI is InChI=1S/C15H27N3/c1-13(10-16-14-5-6-14)11-17-7-3-9-18-8-2-4-15(18)12-17/h14-16H,1-12H2. The SMILES string of the molecule is C=C(CNC1CC1)CN1CCCN2CCCC2C1. The van der Waals surface area contributed by atoms with E-state index in [4.69, 9.17) is 0 Å². The summed E-state index contributed by atoms with van der Waals surface area (Å²) in [5.41, 5.74) is 1.37. The Hall–Kier alpha value is -0.380. The van der Waals surface area contributed by atoms with E-state index in [9.17, 15) is 0 Å². The Balaban J connectivity index is 1.44. The van der Waals surface area contributed by atoms with Gasteiger partial charge in [-0.2, -0.15) is 0 Å². The molecule has 0 bridgehead atoms. The molecular weight excluding hydrogens is 222 g/mol. The van der Waals surface area contributed by atoms with Crippen molar-refractivity contribution in [2.24, 2.45) is 0 Å². The van der Waals surface area contributed by atoms with E-state index in [-0.39, 0.29) is 0 Å². The Morgan fingerprint density at radius 1 is 1.11 bits per heavy atom. The highest BCUT2D eigenvalue weighted by Gasteiger charge is 2.28. The first-order valence-corrected chi connectivity index (χ1v) is 7.68. The minimum absolute atomic E-state index is 0.802. The summed E-state index contributed by atoms with van der Waals surface area (Å²) < 4.78 is 0. The molecule has 0 aromatic rings. The van der Waals surface area contributed by atoms with Gasteiger partial charge < -0.3 is 5.32 Å². The fourth-order valence-corrected chi connectivity index (χ4v) is 3.37. The lowest BCUT2D eigenvalue weighted by molar-refractivity contribution is 0.228. The minimum atomic E-state index is 0.802. The summed E-state index contributed by atoms with van der Waals surface area (Å²) in [6, 6.07) is 1.63. The number of hydrogen-bond donors (Lipinski definition) is 1. The summed E-state index contributed by atoms with van der Waals surface area (Å²) in [5.74, 6) is 0. The molecule has 3 rings (SSSR count). The topological polar surface area (TPSA) is 18.5 Å². The zero-order valence-corrected chi connectivity index (χ0v) is 11.5. The molecule has 2 aliphatic heterocycles. The highest BCUT2D eigenvalue weighted by Crippen LogP contribution is 2.22. The molecule has 1 atom stereocenters. The molecule has 0 spiro atoms. The van der Waals surface area contributed by atoms with Gasteiger partial charge in [-0.15, -0.1) is 0 Å². The second kappa shape index (κ2) is 5.72. The average molecular weight is 249 g/mol. The lowest BCUT2D eigenvalue weighted by Gasteiger charge is -2.26. The molecule has 3 aliphatic rings. The highest BCUT2D eigenvalue weighted by atomic mass is 15.3. The summed E-state index contributed by atoms with van der Waals surface area (Å²) in [4.78, 5) is 5.33. The monoisotopic (exact) mass is 249 g/mol. The van der Waals surface area contributed by atoms with Gasteiger partial charge in [-0.25, -0.2) is 0 Å². The second-order valence-corrected chi connectivity index (χ2v) is 6.33. The van der Waals surface area contributed by atoms with Crippen LogP contribution in [0.15, 0.2) is 12.2 Å². The van der Waals surface area contributed by atoms with Crippen LogP contribution >= 0.6 is 0 Å². The van der Waals surface area contributed by atoms with Crippen LogP contribution in [0.5, 0.6) is 0 Å². The van der Waals surface area contributed by atoms with Gasteiger partial charge in [-0.3, -0.25) is 9.80 Å². The Labute approximate surface area is 111 Å². The molecule has 18 heavy (non-hydrogen) atoms. The lowest BCUT2D eigenvalue weighted by Crippen LogP contribution is -2.38. The van der Waals surface area contributed by atoms with E-state index < -0.39 is 0 Å². The first-order chi connectivity index (χ1) is 8.81. The van der Waals surface area contributed by atoms with Crippen LogP contribution in [0.25, 0.3) is 0 Å². The number of hydrogen-bond acceptors (Lipinski definition) is 3. The van der Waals surface area contributed by atoms with Gasteiger partial charge in [0.15, 0.2) is 0 Å². The maximum absolute atomic E-state index is 4.25. The van der Waals surface area contributed by atoms with Crippen LogP contribution < -0.4 is 5.32 Å². The van der Waals surface area contributed by atoms with Crippen LogP contribution in [-0.4, -0.2) is 61.2 Å². The molecular formula is C15H27N3. The van der Waals surface area contributed by atoms with E-state index in [1.165, 1.54) is 63.9 Å².